The van der Waals surface area contributed by atoms with Crippen molar-refractivity contribution in [1.29, 1.82) is 0 Å². The summed E-state index contributed by atoms with van der Waals surface area (Å²) in [5, 5.41) is 9.87. The number of carboxylic acid groups (broad SMARTS) is 1. The second kappa shape index (κ2) is 8.46. The van der Waals surface area contributed by atoms with E-state index in [4.69, 9.17) is 0 Å². The van der Waals surface area contributed by atoms with Crippen LogP contribution in [0.1, 0.15) is 34.8 Å². The molecular weight excluding hydrogens is 407 g/mol. The van der Waals surface area contributed by atoms with Crippen LogP contribution < -0.4 is 9.80 Å². The van der Waals surface area contributed by atoms with Gasteiger partial charge in [-0.3, -0.25) is 9.69 Å². The van der Waals surface area contributed by atoms with Gasteiger partial charge < -0.3 is 10.0 Å². The van der Waals surface area contributed by atoms with Crippen molar-refractivity contribution in [3.63, 3.8) is 0 Å². The third kappa shape index (κ3) is 3.84. The van der Waals surface area contributed by atoms with Crippen molar-refractivity contribution in [2.45, 2.75) is 33.2 Å². The fraction of sp³-hybridized carbons (Fsp3) is 0.231. The topological polar surface area (TPSA) is 60.9 Å². The highest BCUT2D eigenvalue weighted by Crippen LogP contribution is 2.39. The van der Waals surface area contributed by atoms with E-state index in [9.17, 15) is 19.1 Å². The van der Waals surface area contributed by atoms with Crippen LogP contribution >= 0.6 is 0 Å². The third-order valence-corrected chi connectivity index (χ3v) is 6.09. The molecule has 0 radical (unpaired) electrons. The summed E-state index contributed by atoms with van der Waals surface area (Å²) < 4.78 is 13.7. The Morgan fingerprint density at radius 3 is 2.22 bits per heavy atom. The molecule has 164 valence electrons. The Morgan fingerprint density at radius 1 is 0.969 bits per heavy atom. The van der Waals surface area contributed by atoms with E-state index in [2.05, 4.69) is 0 Å². The number of hydrogen-bond donors (Lipinski definition) is 1. The van der Waals surface area contributed by atoms with Crippen LogP contribution in [0.5, 0.6) is 0 Å². The molecule has 6 heteroatoms. The van der Waals surface area contributed by atoms with Crippen molar-refractivity contribution in [1.82, 2.24) is 0 Å². The molecule has 0 fully saturated rings. The lowest BCUT2D eigenvalue weighted by molar-refractivity contribution is 0.0982. The van der Waals surface area contributed by atoms with Crippen LogP contribution in [0.2, 0.25) is 0 Å². The highest BCUT2D eigenvalue weighted by atomic mass is 19.1. The quantitative estimate of drug-likeness (QED) is 0.549. The highest BCUT2D eigenvalue weighted by Gasteiger charge is 2.37. The Balaban J connectivity index is 1.79. The molecule has 1 aliphatic heterocycles. The summed E-state index contributed by atoms with van der Waals surface area (Å²) in [5.74, 6) is -0.550. The van der Waals surface area contributed by atoms with Gasteiger partial charge in [0.05, 0.1) is 17.4 Å². The number of anilines is 2. The minimum atomic E-state index is -1.03. The molecule has 0 spiro atoms. The van der Waals surface area contributed by atoms with E-state index >= 15 is 0 Å². The first-order valence-corrected chi connectivity index (χ1v) is 10.6. The maximum Gasteiger partial charge on any atom is 0.412 e. The van der Waals surface area contributed by atoms with Crippen molar-refractivity contribution in [2.75, 3.05) is 16.3 Å². The van der Waals surface area contributed by atoms with Gasteiger partial charge in [0.2, 0.25) is 0 Å². The molecule has 5 nitrogen and oxygen atoms in total. The van der Waals surface area contributed by atoms with Gasteiger partial charge in [-0.2, -0.15) is 0 Å². The van der Waals surface area contributed by atoms with Crippen molar-refractivity contribution < 1.29 is 19.1 Å². The first kappa shape index (κ1) is 21.6. The van der Waals surface area contributed by atoms with Crippen LogP contribution in [0.4, 0.5) is 20.6 Å². The lowest BCUT2D eigenvalue weighted by atomic mass is 9.98. The molecule has 1 atom stereocenters. The predicted octanol–water partition coefficient (Wildman–Crippen LogP) is 6.03. The summed E-state index contributed by atoms with van der Waals surface area (Å²) in [6.45, 7) is 6.06. The molecular formula is C26H25FN2O3. The average Bonchev–Trinajstić information content (AvgIpc) is 2.78. The summed E-state index contributed by atoms with van der Waals surface area (Å²) in [7, 11) is 0. The molecule has 0 aromatic heterocycles. The Hall–Kier alpha value is -3.67. The first-order chi connectivity index (χ1) is 15.3. The molecule has 1 heterocycles. The lowest BCUT2D eigenvalue weighted by Gasteiger charge is -2.41. The van der Waals surface area contributed by atoms with Gasteiger partial charge in [0, 0.05) is 12.1 Å². The van der Waals surface area contributed by atoms with E-state index in [1.54, 1.807) is 35.2 Å². The van der Waals surface area contributed by atoms with E-state index in [1.807, 2.05) is 39.0 Å². The largest absolute Gasteiger partial charge is 0.465 e. The smallest absolute Gasteiger partial charge is 0.412 e. The maximum atomic E-state index is 13.7. The van der Waals surface area contributed by atoms with Gasteiger partial charge in [-0.25, -0.2) is 9.18 Å². The predicted molar refractivity (Wildman–Crippen MR) is 124 cm³/mol. The van der Waals surface area contributed by atoms with E-state index < -0.39 is 6.09 Å². The van der Waals surface area contributed by atoms with Crippen LogP contribution in [-0.4, -0.2) is 29.7 Å². The van der Waals surface area contributed by atoms with Crippen LogP contribution in [0.3, 0.4) is 0 Å². The van der Waals surface area contributed by atoms with Crippen LogP contribution in [0, 0.1) is 19.7 Å². The molecule has 1 aliphatic rings. The first-order valence-electron chi connectivity index (χ1n) is 10.6. The minimum Gasteiger partial charge on any atom is -0.465 e. The lowest BCUT2D eigenvalue weighted by Crippen LogP contribution is -2.52. The molecule has 4 rings (SSSR count). The molecule has 0 saturated carbocycles. The van der Waals surface area contributed by atoms with Gasteiger partial charge in [0.15, 0.2) is 0 Å². The van der Waals surface area contributed by atoms with Gasteiger partial charge in [0.25, 0.3) is 5.91 Å². The van der Waals surface area contributed by atoms with E-state index in [0.717, 1.165) is 16.7 Å². The van der Waals surface area contributed by atoms with Gasteiger partial charge in [-0.05, 0) is 78.9 Å². The molecule has 0 aliphatic carbocycles. The molecule has 1 unspecified atom stereocenters. The van der Waals surface area contributed by atoms with E-state index in [0.29, 0.717) is 28.9 Å². The second-order valence-corrected chi connectivity index (χ2v) is 8.15. The SMILES string of the molecule is CCC1CN(C(=O)c2cccc(-c3cccc(F)c3)c2)c2cc(C)c(C)cc2N1C(=O)O. The Morgan fingerprint density at radius 2 is 1.59 bits per heavy atom. The van der Waals surface area contributed by atoms with Crippen LogP contribution in [-0.2, 0) is 0 Å². The fourth-order valence-electron chi connectivity index (χ4n) is 4.20. The number of nitrogens with zero attached hydrogens (tertiary/aromatic N) is 2. The zero-order valence-electron chi connectivity index (χ0n) is 18.3. The van der Waals surface area contributed by atoms with Crippen LogP contribution in [0.15, 0.2) is 60.7 Å². The molecule has 1 N–H and O–H groups in total. The summed E-state index contributed by atoms with van der Waals surface area (Å²) >= 11 is 0. The third-order valence-electron chi connectivity index (χ3n) is 6.09. The number of halogens is 1. The number of carbonyl (C=O) groups is 2. The number of amides is 2. The number of hydrogen-bond acceptors (Lipinski definition) is 2. The fourth-order valence-corrected chi connectivity index (χ4v) is 4.20. The van der Waals surface area contributed by atoms with Gasteiger partial charge in [-0.15, -0.1) is 0 Å². The molecule has 0 saturated heterocycles. The number of aryl methyl sites for hydroxylation is 2. The van der Waals surface area contributed by atoms with E-state index in [1.165, 1.54) is 17.0 Å². The van der Waals surface area contributed by atoms with Gasteiger partial charge in [0.1, 0.15) is 5.82 Å². The van der Waals surface area contributed by atoms with Gasteiger partial charge in [-0.1, -0.05) is 31.2 Å². The zero-order valence-corrected chi connectivity index (χ0v) is 18.3. The average molecular weight is 432 g/mol. The van der Waals surface area contributed by atoms with Crippen LogP contribution in [0.25, 0.3) is 11.1 Å². The Labute approximate surface area is 186 Å². The summed E-state index contributed by atoms with van der Waals surface area (Å²) in [6, 6.07) is 16.7. The Kier molecular flexibility index (Phi) is 5.70. The molecule has 2 amide bonds. The molecule has 32 heavy (non-hydrogen) atoms. The molecule has 0 bridgehead atoms. The van der Waals surface area contributed by atoms with E-state index in [-0.39, 0.29) is 24.3 Å². The number of carbonyl (C=O) groups excluding carboxylic acids is 1. The number of fused-ring (bicyclic) bond motifs is 1. The summed E-state index contributed by atoms with van der Waals surface area (Å²) in [4.78, 5) is 28.7. The molecule has 3 aromatic rings. The number of benzene rings is 3. The normalized spacial score (nSPS) is 15.4. The van der Waals surface area contributed by atoms with Gasteiger partial charge >= 0.3 is 6.09 Å². The number of rotatable bonds is 3. The second-order valence-electron chi connectivity index (χ2n) is 8.15. The highest BCUT2D eigenvalue weighted by molar-refractivity contribution is 6.10. The van der Waals surface area contributed by atoms with Crippen molar-refractivity contribution in [2.24, 2.45) is 0 Å². The summed E-state index contributed by atoms with van der Waals surface area (Å²) in [6.07, 6.45) is -0.451. The van der Waals surface area contributed by atoms with Crippen molar-refractivity contribution >= 4 is 23.4 Å². The standard InChI is InChI=1S/C26H25FN2O3/c1-4-22-15-28(23-11-16(2)17(3)12-24(23)29(22)26(31)32)25(30)20-9-5-7-18(13-20)19-8-6-10-21(27)14-19/h5-14,22H,4,15H2,1-3H3,(H,31,32). The van der Waals surface area contributed by atoms with Crippen molar-refractivity contribution in [3.8, 4) is 11.1 Å². The summed E-state index contributed by atoms with van der Waals surface area (Å²) in [5.41, 5.74) is 4.95. The minimum absolute atomic E-state index is 0.212. The monoisotopic (exact) mass is 432 g/mol. The Bertz CT molecular complexity index is 1210. The maximum absolute atomic E-state index is 13.7. The molecule has 3 aromatic carbocycles. The zero-order chi connectivity index (χ0) is 23.0. The van der Waals surface area contributed by atoms with Crippen molar-refractivity contribution in [3.05, 3.63) is 83.2 Å².